The van der Waals surface area contributed by atoms with Gasteiger partial charge in [-0.2, -0.15) is 21.6 Å². The van der Waals surface area contributed by atoms with Crippen LogP contribution in [0.25, 0.3) is 0 Å². The second-order valence-corrected chi connectivity index (χ2v) is 20.9. The molecule has 0 aliphatic carbocycles. The Bertz CT molecular complexity index is 3080. The third kappa shape index (κ3) is 13.7. The van der Waals surface area contributed by atoms with Gasteiger partial charge in [0.15, 0.2) is 24.4 Å². The summed E-state index contributed by atoms with van der Waals surface area (Å²) in [6, 6.07) is 54.0. The number of rotatable bonds is 22. The highest BCUT2D eigenvalue weighted by molar-refractivity contribution is 7.87. The number of halogens is 3. The van der Waals surface area contributed by atoms with Gasteiger partial charge in [-0.1, -0.05) is 182 Å². The molecular weight excluding hydrogens is 1110 g/mol. The van der Waals surface area contributed by atoms with Gasteiger partial charge < -0.3 is 47.4 Å². The summed E-state index contributed by atoms with van der Waals surface area (Å²) < 4.78 is 137. The molecule has 0 bridgehead atoms. The van der Waals surface area contributed by atoms with Crippen molar-refractivity contribution in [3.8, 4) is 0 Å². The van der Waals surface area contributed by atoms with Crippen LogP contribution < -0.4 is 0 Å². The first-order chi connectivity index (χ1) is 39.6. The summed E-state index contributed by atoms with van der Waals surface area (Å²) in [7, 11) is -6.63. The molecule has 0 spiro atoms. The van der Waals surface area contributed by atoms with Crippen LogP contribution in [0.3, 0.4) is 0 Å². The lowest BCUT2D eigenvalue weighted by atomic mass is 9.80. The molecule has 0 unspecified atom stereocenters. The van der Waals surface area contributed by atoms with Crippen LogP contribution in [0, 0.1) is 0 Å². The first-order valence-electron chi connectivity index (χ1n) is 26.0. The summed E-state index contributed by atoms with van der Waals surface area (Å²) in [4.78, 5) is 66.1. The Morgan fingerprint density at radius 1 is 0.458 bits per heavy atom. The molecule has 0 N–H and O–H groups in total. The van der Waals surface area contributed by atoms with E-state index < -0.39 is 131 Å². The van der Waals surface area contributed by atoms with Gasteiger partial charge in [-0.05, 0) is 33.4 Å². The van der Waals surface area contributed by atoms with Crippen LogP contribution in [0.1, 0.15) is 68.0 Å². The van der Waals surface area contributed by atoms with Gasteiger partial charge in [-0.25, -0.2) is 0 Å². The molecular formula is C61H59F3O18S. The standard InChI is InChI=1S/C61H59F3O18S/c1-39(65)72-36-50-52(82-83(70,71)61(62,63)64)54(76-41(3)67)55(77-42(4)68)57(79-50)81-58(38-74-60(47-30-18-9-19-31-47,48-32-20-10-21-33-48)49-34-22-11-23-35-49)56(78-43(5)69)53(75-40(2)66)51(80-58)37-73-59(44-24-12-6-13-25-44,45-26-14-7-15-27-45)46-28-16-8-17-29-46/h6-35,50-57H,36-38H2,1-5H3/t50-,51-,52+,53-,54+,55-,56+,57-,58+/m1/s1. The van der Waals surface area contributed by atoms with Crippen LogP contribution in [0.5, 0.6) is 0 Å². The molecule has 6 aromatic rings. The Morgan fingerprint density at radius 2 is 0.819 bits per heavy atom. The second kappa shape index (κ2) is 26.2. The van der Waals surface area contributed by atoms with Crippen molar-refractivity contribution in [3.05, 3.63) is 215 Å². The van der Waals surface area contributed by atoms with E-state index in [9.17, 15) is 45.6 Å². The lowest BCUT2D eigenvalue weighted by Gasteiger charge is -2.47. The van der Waals surface area contributed by atoms with E-state index in [0.717, 1.165) is 34.6 Å². The lowest BCUT2D eigenvalue weighted by Crippen LogP contribution is -2.66. The minimum Gasteiger partial charge on any atom is -0.463 e. The number of hydrogen-bond acceptors (Lipinski definition) is 18. The van der Waals surface area contributed by atoms with E-state index >= 15 is 0 Å². The van der Waals surface area contributed by atoms with E-state index in [-0.39, 0.29) is 0 Å². The number of ether oxygens (including phenoxy) is 10. The quantitative estimate of drug-likeness (QED) is 0.0205. The third-order valence-electron chi connectivity index (χ3n) is 13.6. The molecule has 0 amide bonds. The maximum absolute atomic E-state index is 14.2. The second-order valence-electron chi connectivity index (χ2n) is 19.3. The molecule has 2 fully saturated rings. The molecule has 2 saturated heterocycles. The number of esters is 5. The number of alkyl halides is 3. The fourth-order valence-electron chi connectivity index (χ4n) is 10.3. The van der Waals surface area contributed by atoms with Gasteiger partial charge in [0.25, 0.3) is 0 Å². The van der Waals surface area contributed by atoms with Crippen molar-refractivity contribution in [2.75, 3.05) is 19.8 Å². The predicted octanol–water partition coefficient (Wildman–Crippen LogP) is 8.37. The Balaban J connectivity index is 1.38. The number of hydrogen-bond donors (Lipinski definition) is 0. The van der Waals surface area contributed by atoms with Gasteiger partial charge in [0.05, 0.1) is 6.61 Å². The van der Waals surface area contributed by atoms with Gasteiger partial charge in [-0.3, -0.25) is 28.2 Å². The average Bonchev–Trinajstić information content (AvgIpc) is 3.33. The van der Waals surface area contributed by atoms with Crippen LogP contribution in [-0.4, -0.2) is 118 Å². The zero-order valence-electron chi connectivity index (χ0n) is 45.5. The molecule has 0 aromatic heterocycles. The maximum Gasteiger partial charge on any atom is 0.523 e. The lowest BCUT2D eigenvalue weighted by molar-refractivity contribution is -0.387. The van der Waals surface area contributed by atoms with E-state index in [1.165, 1.54) is 0 Å². The van der Waals surface area contributed by atoms with E-state index in [0.29, 0.717) is 33.4 Å². The predicted molar refractivity (Wildman–Crippen MR) is 286 cm³/mol. The highest BCUT2D eigenvalue weighted by Crippen LogP contribution is 2.48. The minimum atomic E-state index is -6.63. The smallest absolute Gasteiger partial charge is 0.463 e. The molecule has 2 aliphatic heterocycles. The van der Waals surface area contributed by atoms with Crippen molar-refractivity contribution in [2.24, 2.45) is 0 Å². The molecule has 0 saturated carbocycles. The summed E-state index contributed by atoms with van der Waals surface area (Å²) in [6.07, 6.45) is -17.2. The highest BCUT2D eigenvalue weighted by Gasteiger charge is 2.66. The molecule has 438 valence electrons. The first kappa shape index (κ1) is 61.2. The van der Waals surface area contributed by atoms with Crippen molar-refractivity contribution < 1.29 is 97.1 Å². The fourth-order valence-corrected chi connectivity index (χ4v) is 10.9. The van der Waals surface area contributed by atoms with E-state index in [1.807, 2.05) is 91.0 Å². The normalized spacial score (nSPS) is 22.8. The highest BCUT2D eigenvalue weighted by atomic mass is 32.2. The molecule has 18 nitrogen and oxygen atoms in total. The van der Waals surface area contributed by atoms with Gasteiger partial charge in [0.1, 0.15) is 42.7 Å². The number of carbonyl (C=O) groups excluding carboxylic acids is 5. The van der Waals surface area contributed by atoms with Crippen LogP contribution in [0.4, 0.5) is 13.2 Å². The molecule has 0 radical (unpaired) electrons. The Hall–Kier alpha value is -7.83. The maximum atomic E-state index is 14.2. The van der Waals surface area contributed by atoms with E-state index in [4.69, 9.17) is 51.6 Å². The zero-order valence-corrected chi connectivity index (χ0v) is 46.3. The van der Waals surface area contributed by atoms with Gasteiger partial charge >= 0.3 is 45.5 Å². The van der Waals surface area contributed by atoms with Crippen LogP contribution in [0.2, 0.25) is 0 Å². The summed E-state index contributed by atoms with van der Waals surface area (Å²) in [5, 5.41) is 0. The molecule has 9 atom stereocenters. The van der Waals surface area contributed by atoms with Gasteiger partial charge in [0.2, 0.25) is 12.1 Å². The molecule has 22 heteroatoms. The summed E-state index contributed by atoms with van der Waals surface area (Å²) in [6.45, 7) is 2.10. The SMILES string of the molecule is CC(=O)OC[C@H]1O[C@H](O[C@]2(COC(c3ccccc3)(c3ccccc3)c3ccccc3)O[C@H](COC(c3ccccc3)(c3ccccc3)c3ccccc3)[C@@H](OC(C)=O)[C@@H]2OC(C)=O)[C@H](OC(C)=O)[C@@H](OC(C)=O)[C@H]1OS(=O)(=O)C(F)(F)F. The van der Waals surface area contributed by atoms with Crippen LogP contribution in [0.15, 0.2) is 182 Å². The van der Waals surface area contributed by atoms with Crippen molar-refractivity contribution in [3.63, 3.8) is 0 Å². The van der Waals surface area contributed by atoms with Gasteiger partial charge in [0, 0.05) is 34.6 Å². The van der Waals surface area contributed by atoms with Gasteiger partial charge in [-0.15, -0.1) is 0 Å². The van der Waals surface area contributed by atoms with E-state index in [2.05, 4.69) is 0 Å². The van der Waals surface area contributed by atoms with Crippen molar-refractivity contribution >= 4 is 40.0 Å². The van der Waals surface area contributed by atoms with Crippen LogP contribution >= 0.6 is 0 Å². The Labute approximate surface area is 476 Å². The summed E-state index contributed by atoms with van der Waals surface area (Å²) in [5.74, 6) is -8.26. The molecule has 2 aliphatic rings. The molecule has 8 rings (SSSR count). The Morgan fingerprint density at radius 3 is 1.18 bits per heavy atom. The summed E-state index contributed by atoms with van der Waals surface area (Å²) in [5.41, 5.74) is -5.86. The topological polar surface area (TPSA) is 221 Å². The molecule has 2 heterocycles. The van der Waals surface area contributed by atoms with Crippen LogP contribution in [-0.2, 0) is 96.8 Å². The number of carbonyl (C=O) groups is 5. The summed E-state index contributed by atoms with van der Waals surface area (Å²) >= 11 is 0. The molecule has 83 heavy (non-hydrogen) atoms. The Kier molecular flexibility index (Phi) is 19.3. The number of benzene rings is 6. The monoisotopic (exact) mass is 1170 g/mol. The van der Waals surface area contributed by atoms with Crippen molar-refractivity contribution in [1.82, 2.24) is 0 Å². The van der Waals surface area contributed by atoms with Crippen molar-refractivity contribution in [2.45, 2.75) is 106 Å². The minimum absolute atomic E-state index is 0.512. The van der Waals surface area contributed by atoms with Crippen molar-refractivity contribution in [1.29, 1.82) is 0 Å². The zero-order chi connectivity index (χ0) is 59.6. The van der Waals surface area contributed by atoms with E-state index in [1.54, 1.807) is 91.0 Å². The fraction of sp³-hybridized carbons (Fsp3) is 0.328. The first-order valence-corrected chi connectivity index (χ1v) is 27.4. The third-order valence-corrected chi connectivity index (χ3v) is 14.6. The largest absolute Gasteiger partial charge is 0.523 e. The molecule has 6 aromatic carbocycles. The average molecular weight is 1170 g/mol.